The molecule has 0 amide bonds. The zero-order valence-electron chi connectivity index (χ0n) is 11.3. The molecule has 5 atom stereocenters. The van der Waals surface area contributed by atoms with Crippen LogP contribution in [0, 0.1) is 11.3 Å². The normalized spacial score (nSPS) is 46.5. The topological polar surface area (TPSA) is 21.3 Å². The summed E-state index contributed by atoms with van der Waals surface area (Å²) in [7, 11) is 0. The van der Waals surface area contributed by atoms with Gasteiger partial charge in [0.1, 0.15) is 0 Å². The summed E-state index contributed by atoms with van der Waals surface area (Å²) in [5, 5.41) is 3.84. The summed E-state index contributed by atoms with van der Waals surface area (Å²) in [6, 6.07) is 1.50. The van der Waals surface area contributed by atoms with Crippen LogP contribution in [-0.4, -0.2) is 24.8 Å². The Hall–Kier alpha value is -0.0800. The molecule has 2 saturated carbocycles. The van der Waals surface area contributed by atoms with Gasteiger partial charge in [0.05, 0.1) is 6.10 Å². The van der Waals surface area contributed by atoms with Crippen molar-refractivity contribution >= 4 is 0 Å². The van der Waals surface area contributed by atoms with Gasteiger partial charge in [-0.05, 0) is 32.1 Å². The fraction of sp³-hybridized carbons (Fsp3) is 1.00. The lowest BCUT2D eigenvalue weighted by Gasteiger charge is -2.54. The number of hydrogen-bond donors (Lipinski definition) is 1. The van der Waals surface area contributed by atoms with E-state index >= 15 is 0 Å². The van der Waals surface area contributed by atoms with Gasteiger partial charge in [-0.15, -0.1) is 0 Å². The molecule has 0 aromatic rings. The molecule has 0 bridgehead atoms. The van der Waals surface area contributed by atoms with Crippen LogP contribution in [0.2, 0.25) is 0 Å². The monoisotopic (exact) mass is 225 g/mol. The van der Waals surface area contributed by atoms with Crippen LogP contribution in [0.1, 0.15) is 53.4 Å². The van der Waals surface area contributed by atoms with Gasteiger partial charge < -0.3 is 10.1 Å². The second-order valence-corrected chi connectivity index (χ2v) is 5.77. The van der Waals surface area contributed by atoms with Crippen molar-refractivity contribution in [3.63, 3.8) is 0 Å². The first-order valence-electron chi connectivity index (χ1n) is 7.03. The van der Waals surface area contributed by atoms with Crippen LogP contribution < -0.4 is 5.32 Å². The average Bonchev–Trinajstić information content (AvgIpc) is 3.05. The van der Waals surface area contributed by atoms with Crippen LogP contribution in [0.25, 0.3) is 0 Å². The minimum Gasteiger partial charge on any atom is -0.378 e. The van der Waals surface area contributed by atoms with Gasteiger partial charge in [0.15, 0.2) is 0 Å². The molecule has 0 aromatic carbocycles. The Morgan fingerprint density at radius 2 is 2.00 bits per heavy atom. The van der Waals surface area contributed by atoms with E-state index in [-0.39, 0.29) is 0 Å². The van der Waals surface area contributed by atoms with Crippen molar-refractivity contribution in [1.82, 2.24) is 5.32 Å². The summed E-state index contributed by atoms with van der Waals surface area (Å²) in [6.45, 7) is 9.94. The fourth-order valence-electron chi connectivity index (χ4n) is 3.17. The molecule has 0 aliphatic heterocycles. The van der Waals surface area contributed by atoms with Crippen molar-refractivity contribution in [2.75, 3.05) is 6.61 Å². The molecule has 16 heavy (non-hydrogen) atoms. The Bertz CT molecular complexity index is 243. The Kier molecular flexibility index (Phi) is 3.60. The van der Waals surface area contributed by atoms with Crippen LogP contribution in [0.5, 0.6) is 0 Å². The first-order valence-corrected chi connectivity index (χ1v) is 7.03. The summed E-state index contributed by atoms with van der Waals surface area (Å²) in [5.41, 5.74) is 0.372. The van der Waals surface area contributed by atoms with E-state index in [9.17, 15) is 0 Å². The Balaban J connectivity index is 1.83. The van der Waals surface area contributed by atoms with Crippen molar-refractivity contribution in [2.24, 2.45) is 11.3 Å². The molecule has 2 nitrogen and oxygen atoms in total. The van der Waals surface area contributed by atoms with Crippen LogP contribution in [0.3, 0.4) is 0 Å². The highest BCUT2D eigenvalue weighted by Gasteiger charge is 2.53. The summed E-state index contributed by atoms with van der Waals surface area (Å²) < 4.78 is 5.83. The molecular formula is C14H27NO. The lowest BCUT2D eigenvalue weighted by atomic mass is 9.61. The van der Waals surface area contributed by atoms with Crippen LogP contribution in [0.15, 0.2) is 0 Å². The van der Waals surface area contributed by atoms with Gasteiger partial charge in [-0.1, -0.05) is 27.2 Å². The summed E-state index contributed by atoms with van der Waals surface area (Å²) >= 11 is 0. The minimum absolute atomic E-state index is 0.372. The number of ether oxygens (including phenoxy) is 1. The smallest absolute Gasteiger partial charge is 0.0658 e. The number of hydrogen-bond acceptors (Lipinski definition) is 2. The molecule has 2 heteroatoms. The van der Waals surface area contributed by atoms with Gasteiger partial charge in [0.25, 0.3) is 0 Å². The van der Waals surface area contributed by atoms with E-state index in [1.54, 1.807) is 0 Å². The van der Waals surface area contributed by atoms with Gasteiger partial charge in [-0.25, -0.2) is 0 Å². The summed E-state index contributed by atoms with van der Waals surface area (Å²) in [6.07, 6.45) is 5.65. The van der Waals surface area contributed by atoms with E-state index < -0.39 is 0 Å². The van der Waals surface area contributed by atoms with E-state index in [1.165, 1.54) is 25.7 Å². The zero-order chi connectivity index (χ0) is 11.8. The third-order valence-electron chi connectivity index (χ3n) is 4.97. The van der Waals surface area contributed by atoms with Gasteiger partial charge in [0.2, 0.25) is 0 Å². The molecule has 2 fully saturated rings. The van der Waals surface area contributed by atoms with Gasteiger partial charge in [0, 0.05) is 24.1 Å². The Morgan fingerprint density at radius 1 is 1.25 bits per heavy atom. The molecule has 0 spiro atoms. The van der Waals surface area contributed by atoms with E-state index in [0.29, 0.717) is 17.6 Å². The van der Waals surface area contributed by atoms with Crippen LogP contribution in [-0.2, 0) is 4.74 Å². The van der Waals surface area contributed by atoms with E-state index in [4.69, 9.17) is 4.74 Å². The maximum absolute atomic E-state index is 5.83. The molecule has 0 saturated heterocycles. The lowest BCUT2D eigenvalue weighted by molar-refractivity contribution is -0.126. The first kappa shape index (κ1) is 12.4. The summed E-state index contributed by atoms with van der Waals surface area (Å²) in [5.74, 6) is 0.951. The lowest BCUT2D eigenvalue weighted by Crippen LogP contribution is -2.62. The van der Waals surface area contributed by atoms with E-state index in [0.717, 1.165) is 18.6 Å². The molecule has 2 aliphatic rings. The standard InChI is InChI=1S/C14H27NO/c1-5-10-8-11(10)15-12-9-13(16-7-3)14(12,4)6-2/h10-13,15H,5-9H2,1-4H3. The largest absolute Gasteiger partial charge is 0.378 e. The van der Waals surface area contributed by atoms with Crippen LogP contribution >= 0.6 is 0 Å². The zero-order valence-corrected chi connectivity index (χ0v) is 11.3. The highest BCUT2D eigenvalue weighted by Crippen LogP contribution is 2.48. The fourth-order valence-corrected chi connectivity index (χ4v) is 3.17. The summed E-state index contributed by atoms with van der Waals surface area (Å²) in [4.78, 5) is 0. The predicted molar refractivity (Wildman–Crippen MR) is 67.5 cm³/mol. The molecule has 5 unspecified atom stereocenters. The van der Waals surface area contributed by atoms with Gasteiger partial charge in [-0.2, -0.15) is 0 Å². The van der Waals surface area contributed by atoms with Crippen LogP contribution in [0.4, 0.5) is 0 Å². The third-order valence-corrected chi connectivity index (χ3v) is 4.97. The molecule has 94 valence electrons. The average molecular weight is 225 g/mol. The minimum atomic E-state index is 0.372. The molecular weight excluding hydrogens is 198 g/mol. The van der Waals surface area contributed by atoms with Crippen molar-refractivity contribution in [2.45, 2.75) is 71.6 Å². The molecule has 1 N–H and O–H groups in total. The van der Waals surface area contributed by atoms with Crippen molar-refractivity contribution < 1.29 is 4.74 Å². The van der Waals surface area contributed by atoms with E-state index in [2.05, 4.69) is 33.0 Å². The van der Waals surface area contributed by atoms with Gasteiger partial charge >= 0.3 is 0 Å². The van der Waals surface area contributed by atoms with Crippen molar-refractivity contribution in [1.29, 1.82) is 0 Å². The second kappa shape index (κ2) is 4.66. The van der Waals surface area contributed by atoms with Gasteiger partial charge in [-0.3, -0.25) is 0 Å². The van der Waals surface area contributed by atoms with Crippen molar-refractivity contribution in [3.8, 4) is 0 Å². The highest BCUT2D eigenvalue weighted by atomic mass is 16.5. The molecule has 0 heterocycles. The number of rotatable bonds is 6. The maximum Gasteiger partial charge on any atom is 0.0658 e. The Morgan fingerprint density at radius 3 is 2.50 bits per heavy atom. The molecule has 0 radical (unpaired) electrons. The molecule has 2 rings (SSSR count). The second-order valence-electron chi connectivity index (χ2n) is 5.77. The van der Waals surface area contributed by atoms with Crippen molar-refractivity contribution in [3.05, 3.63) is 0 Å². The first-order chi connectivity index (χ1) is 7.65. The Labute approximate surface area is 100 Å². The quantitative estimate of drug-likeness (QED) is 0.750. The highest BCUT2D eigenvalue weighted by molar-refractivity contribution is 5.08. The number of nitrogens with one attached hydrogen (secondary N) is 1. The molecule has 2 aliphatic carbocycles. The molecule has 0 aromatic heterocycles. The van der Waals surface area contributed by atoms with E-state index in [1.807, 2.05) is 0 Å². The SMILES string of the molecule is CCOC1CC(NC2CC2CC)C1(C)CC. The predicted octanol–water partition coefficient (Wildman–Crippen LogP) is 2.97. The maximum atomic E-state index is 5.83. The third kappa shape index (κ3) is 2.02.